The monoisotopic (exact) mass is 574 g/mol. The Bertz CT molecular complexity index is 1340. The topological polar surface area (TPSA) is 67.9 Å². The van der Waals surface area contributed by atoms with Gasteiger partial charge in [-0.25, -0.2) is 0 Å². The summed E-state index contributed by atoms with van der Waals surface area (Å²) >= 11 is 0. The van der Waals surface area contributed by atoms with E-state index in [9.17, 15) is 9.00 Å². The molecular weight excluding hydrogens is 532 g/mol. The van der Waals surface area contributed by atoms with E-state index in [0.717, 1.165) is 77.6 Å². The summed E-state index contributed by atoms with van der Waals surface area (Å²) in [6, 6.07) is 21.9. The van der Waals surface area contributed by atoms with Gasteiger partial charge in [0.2, 0.25) is 0 Å². The first kappa shape index (κ1) is 30.5. The number of benzene rings is 3. The van der Waals surface area contributed by atoms with E-state index in [-0.39, 0.29) is 5.91 Å². The predicted octanol–water partition coefficient (Wildman–Crippen LogP) is 7.32. The highest BCUT2D eigenvalue weighted by molar-refractivity contribution is 7.85. The summed E-state index contributed by atoms with van der Waals surface area (Å²) < 4.78 is 23.5. The molecule has 0 aliphatic carbocycles. The van der Waals surface area contributed by atoms with Crippen LogP contribution in [0.1, 0.15) is 52.0 Å². The van der Waals surface area contributed by atoms with E-state index in [1.807, 2.05) is 49.4 Å². The van der Waals surface area contributed by atoms with Crippen LogP contribution in [0, 0.1) is 0 Å². The van der Waals surface area contributed by atoms with Gasteiger partial charge in [-0.3, -0.25) is 9.00 Å². The number of amides is 1. The summed E-state index contributed by atoms with van der Waals surface area (Å²) in [5.74, 6) is 1.29. The summed E-state index contributed by atoms with van der Waals surface area (Å²) in [7, 11) is -1.01. The molecule has 7 heteroatoms. The van der Waals surface area contributed by atoms with E-state index in [1.165, 1.54) is 0 Å². The fraction of sp³-hybridized carbons (Fsp3) is 0.382. The molecule has 1 aliphatic heterocycles. The molecular formula is C34H42N2O4S. The molecule has 1 atom stereocenters. The van der Waals surface area contributed by atoms with Crippen molar-refractivity contribution in [2.45, 2.75) is 51.3 Å². The van der Waals surface area contributed by atoms with Crippen molar-refractivity contribution < 1.29 is 18.5 Å². The highest BCUT2D eigenvalue weighted by Gasteiger charge is 2.18. The number of hydrogen-bond acceptors (Lipinski definition) is 5. The second-order valence-corrected chi connectivity index (χ2v) is 11.8. The number of rotatable bonds is 13. The Morgan fingerprint density at radius 3 is 2.39 bits per heavy atom. The maximum atomic E-state index is 13.3. The van der Waals surface area contributed by atoms with Crippen molar-refractivity contribution in [3.05, 3.63) is 77.9 Å². The Kier molecular flexibility index (Phi) is 11.6. The van der Waals surface area contributed by atoms with Gasteiger partial charge in [0, 0.05) is 47.3 Å². The Labute approximate surface area is 247 Å². The molecule has 41 heavy (non-hydrogen) atoms. The van der Waals surface area contributed by atoms with Gasteiger partial charge in [-0.1, -0.05) is 38.5 Å². The van der Waals surface area contributed by atoms with Crippen LogP contribution in [0.25, 0.3) is 17.2 Å². The largest absolute Gasteiger partial charge is 0.491 e. The minimum atomic E-state index is -1.01. The molecule has 1 heterocycles. The summed E-state index contributed by atoms with van der Waals surface area (Å²) in [4.78, 5) is 16.5. The predicted molar refractivity (Wildman–Crippen MR) is 170 cm³/mol. The van der Waals surface area contributed by atoms with Crippen molar-refractivity contribution in [3.8, 4) is 16.9 Å². The highest BCUT2D eigenvalue weighted by Crippen LogP contribution is 2.33. The van der Waals surface area contributed by atoms with Crippen LogP contribution in [0.5, 0.6) is 5.75 Å². The summed E-state index contributed by atoms with van der Waals surface area (Å²) in [6.45, 7) is 9.91. The fourth-order valence-electron chi connectivity index (χ4n) is 4.86. The lowest BCUT2D eigenvalue weighted by Gasteiger charge is -2.28. The molecule has 0 radical (unpaired) electrons. The third-order valence-corrected chi connectivity index (χ3v) is 8.53. The molecule has 0 bridgehead atoms. The molecule has 0 aromatic heterocycles. The average molecular weight is 575 g/mol. The van der Waals surface area contributed by atoms with Crippen LogP contribution in [-0.4, -0.2) is 48.8 Å². The van der Waals surface area contributed by atoms with E-state index >= 15 is 0 Å². The van der Waals surface area contributed by atoms with E-state index in [1.54, 1.807) is 0 Å². The average Bonchev–Trinajstić information content (AvgIpc) is 2.99. The Hall–Kier alpha value is -3.42. The van der Waals surface area contributed by atoms with E-state index < -0.39 is 10.8 Å². The molecule has 3 aromatic rings. The molecule has 218 valence electrons. The first-order valence-electron chi connectivity index (χ1n) is 14.7. The molecule has 0 fully saturated rings. The fourth-order valence-corrected chi connectivity index (χ4v) is 5.64. The van der Waals surface area contributed by atoms with Gasteiger partial charge in [0.25, 0.3) is 5.91 Å². The van der Waals surface area contributed by atoms with Crippen LogP contribution >= 0.6 is 0 Å². The molecule has 0 spiro atoms. The minimum Gasteiger partial charge on any atom is -0.491 e. The first-order valence-corrected chi connectivity index (χ1v) is 16.0. The van der Waals surface area contributed by atoms with Crippen LogP contribution in [0.4, 0.5) is 11.4 Å². The van der Waals surface area contributed by atoms with Gasteiger partial charge in [-0.2, -0.15) is 0 Å². The van der Waals surface area contributed by atoms with Gasteiger partial charge in [0.15, 0.2) is 0 Å². The smallest absolute Gasteiger partial charge is 0.251 e. The number of anilines is 2. The van der Waals surface area contributed by atoms with Crippen LogP contribution in [0.15, 0.2) is 77.2 Å². The molecule has 4 rings (SSSR count). The first-order chi connectivity index (χ1) is 20.0. The van der Waals surface area contributed by atoms with Crippen molar-refractivity contribution in [3.63, 3.8) is 0 Å². The number of carbonyl (C=O) groups is 1. The van der Waals surface area contributed by atoms with Gasteiger partial charge in [0.1, 0.15) is 12.4 Å². The van der Waals surface area contributed by atoms with E-state index in [2.05, 4.69) is 54.4 Å². The number of hydrogen-bond donors (Lipinski definition) is 1. The summed E-state index contributed by atoms with van der Waals surface area (Å²) in [6.07, 6.45) is 5.83. The van der Waals surface area contributed by atoms with Crippen molar-refractivity contribution >= 4 is 34.2 Å². The molecule has 6 nitrogen and oxygen atoms in total. The van der Waals surface area contributed by atoms with Crippen LogP contribution in [0.2, 0.25) is 0 Å². The minimum absolute atomic E-state index is 0.101. The normalized spacial score (nSPS) is 15.2. The zero-order valence-electron chi connectivity index (χ0n) is 24.5. The molecule has 1 amide bonds. The van der Waals surface area contributed by atoms with Gasteiger partial charge in [0.05, 0.1) is 17.4 Å². The lowest BCUT2D eigenvalue weighted by Crippen LogP contribution is -2.26. The molecule has 1 aliphatic rings. The van der Waals surface area contributed by atoms with Crippen LogP contribution in [0.3, 0.4) is 0 Å². The lowest BCUT2D eigenvalue weighted by atomic mass is 9.96. The number of ether oxygens (including phenoxy) is 2. The quantitative estimate of drug-likeness (QED) is 0.217. The highest BCUT2D eigenvalue weighted by atomic mass is 32.2. The second-order valence-electron chi connectivity index (χ2n) is 10.1. The SMILES string of the molecule is CCCCOCCOc1ccc(-c2ccc3c(c2)/C=C(/C(=O)Nc2ccc(S(=O)CC)cc2)CCCN3CC)cc1. The van der Waals surface area contributed by atoms with Crippen molar-refractivity contribution in [1.82, 2.24) is 0 Å². The van der Waals surface area contributed by atoms with Gasteiger partial charge >= 0.3 is 0 Å². The maximum Gasteiger partial charge on any atom is 0.251 e. The number of fused-ring (bicyclic) bond motifs is 1. The molecule has 0 saturated heterocycles. The Morgan fingerprint density at radius 2 is 1.68 bits per heavy atom. The van der Waals surface area contributed by atoms with Gasteiger partial charge in [-0.05, 0) is 97.5 Å². The number of nitrogens with zero attached hydrogens (tertiary/aromatic N) is 1. The maximum absolute atomic E-state index is 13.3. The van der Waals surface area contributed by atoms with E-state index in [4.69, 9.17) is 9.47 Å². The number of carbonyl (C=O) groups excluding carboxylic acids is 1. The van der Waals surface area contributed by atoms with Crippen LogP contribution < -0.4 is 15.0 Å². The third kappa shape index (κ3) is 8.54. The second kappa shape index (κ2) is 15.5. The summed E-state index contributed by atoms with van der Waals surface area (Å²) in [5.41, 5.74) is 5.81. The Morgan fingerprint density at radius 1 is 0.927 bits per heavy atom. The molecule has 1 N–H and O–H groups in total. The molecule has 0 saturated carbocycles. The standard InChI is InChI=1S/C34H42N2O4S/c1-4-7-21-39-22-23-40-31-15-10-26(11-16-31)27-12-19-33-29(24-27)25-28(9-8-20-36(33)5-2)34(37)35-30-13-17-32(18-14-30)41(38)6-3/h10-19,24-25H,4-9,20-23H2,1-3H3,(H,35,37)/b28-25+. The Balaban J connectivity index is 1.51. The summed E-state index contributed by atoms with van der Waals surface area (Å²) in [5, 5.41) is 3.04. The van der Waals surface area contributed by atoms with Crippen molar-refractivity contribution in [1.29, 1.82) is 0 Å². The van der Waals surface area contributed by atoms with Crippen molar-refractivity contribution in [2.75, 3.05) is 48.9 Å². The van der Waals surface area contributed by atoms with Crippen molar-refractivity contribution in [2.24, 2.45) is 0 Å². The molecule has 3 aromatic carbocycles. The number of unbranched alkanes of at least 4 members (excludes halogenated alkanes) is 1. The third-order valence-electron chi connectivity index (χ3n) is 7.21. The van der Waals surface area contributed by atoms with Crippen LogP contribution in [-0.2, 0) is 20.3 Å². The van der Waals surface area contributed by atoms with Gasteiger partial charge < -0.3 is 19.7 Å². The van der Waals surface area contributed by atoms with Gasteiger partial charge in [-0.15, -0.1) is 0 Å². The molecule has 1 unspecified atom stereocenters. The lowest BCUT2D eigenvalue weighted by molar-refractivity contribution is -0.112. The van der Waals surface area contributed by atoms with E-state index in [0.29, 0.717) is 31.1 Å². The zero-order chi connectivity index (χ0) is 29.0. The zero-order valence-corrected chi connectivity index (χ0v) is 25.3. The number of nitrogens with one attached hydrogen (secondary N) is 1.